The molecule has 2 aromatic rings. The zero-order valence-electron chi connectivity index (χ0n) is 16.9. The molecule has 0 fully saturated rings. The summed E-state index contributed by atoms with van der Waals surface area (Å²) in [4.78, 5) is 27.6. The first-order valence-electron chi connectivity index (χ1n) is 9.82. The number of hydrogen-bond acceptors (Lipinski definition) is 2. The number of aryl methyl sites for hydroxylation is 1. The SMILES string of the molecule is CCCNC(=O)C(CC)N(Cc1cccc(C)c1)C(=O)Cc1ccccc1Cl. The molecule has 2 rings (SSSR count). The zero-order valence-corrected chi connectivity index (χ0v) is 17.6. The Morgan fingerprint density at radius 1 is 1.11 bits per heavy atom. The highest BCUT2D eigenvalue weighted by atomic mass is 35.5. The van der Waals surface area contributed by atoms with E-state index < -0.39 is 6.04 Å². The Labute approximate surface area is 172 Å². The quantitative estimate of drug-likeness (QED) is 0.672. The minimum absolute atomic E-state index is 0.104. The van der Waals surface area contributed by atoms with Crippen LogP contribution in [-0.4, -0.2) is 29.3 Å². The summed E-state index contributed by atoms with van der Waals surface area (Å²) in [7, 11) is 0. The van der Waals surface area contributed by atoms with Gasteiger partial charge in [-0.3, -0.25) is 9.59 Å². The van der Waals surface area contributed by atoms with Gasteiger partial charge in [0, 0.05) is 18.1 Å². The molecule has 1 atom stereocenters. The van der Waals surface area contributed by atoms with Crippen molar-refractivity contribution in [2.24, 2.45) is 0 Å². The standard InChI is InChI=1S/C23H29ClN2O2/c1-4-13-25-23(28)21(5-2)26(16-18-10-8-9-17(3)14-18)22(27)15-19-11-6-7-12-20(19)24/h6-12,14,21H,4-5,13,15-16H2,1-3H3,(H,25,28). The fourth-order valence-corrected chi connectivity index (χ4v) is 3.40. The van der Waals surface area contributed by atoms with Crippen molar-refractivity contribution in [3.05, 3.63) is 70.2 Å². The van der Waals surface area contributed by atoms with Gasteiger partial charge in [0.2, 0.25) is 11.8 Å². The number of halogens is 1. The lowest BCUT2D eigenvalue weighted by Crippen LogP contribution is -2.49. The van der Waals surface area contributed by atoms with Crippen molar-refractivity contribution in [3.8, 4) is 0 Å². The second kappa shape index (κ2) is 10.9. The van der Waals surface area contributed by atoms with Crippen LogP contribution in [-0.2, 0) is 22.6 Å². The van der Waals surface area contributed by atoms with Gasteiger partial charge in [-0.1, -0.05) is 73.5 Å². The Bertz CT molecular complexity index is 807. The first kappa shape index (κ1) is 22.0. The Kier molecular flexibility index (Phi) is 8.52. The molecule has 0 aliphatic heterocycles. The van der Waals surface area contributed by atoms with Crippen molar-refractivity contribution in [2.75, 3.05) is 6.54 Å². The molecule has 0 spiro atoms. The summed E-state index contributed by atoms with van der Waals surface area (Å²) in [5.41, 5.74) is 2.90. The van der Waals surface area contributed by atoms with E-state index in [1.165, 1.54) is 0 Å². The number of rotatable bonds is 9. The summed E-state index contributed by atoms with van der Waals surface area (Å²) in [6.07, 6.45) is 1.58. The van der Waals surface area contributed by atoms with E-state index in [0.29, 0.717) is 24.5 Å². The summed E-state index contributed by atoms with van der Waals surface area (Å²) < 4.78 is 0. The smallest absolute Gasteiger partial charge is 0.242 e. The lowest BCUT2D eigenvalue weighted by molar-refractivity contribution is -0.140. The summed E-state index contributed by atoms with van der Waals surface area (Å²) in [6.45, 7) is 6.95. The molecule has 2 amide bonds. The Balaban J connectivity index is 2.29. The van der Waals surface area contributed by atoms with E-state index in [1.807, 2.05) is 63.2 Å². The summed E-state index contributed by atoms with van der Waals surface area (Å²) in [5, 5.41) is 3.50. The minimum atomic E-state index is -0.512. The average Bonchev–Trinajstić information content (AvgIpc) is 2.68. The number of hydrogen-bond donors (Lipinski definition) is 1. The predicted molar refractivity (Wildman–Crippen MR) is 114 cm³/mol. The first-order chi connectivity index (χ1) is 13.5. The Morgan fingerprint density at radius 3 is 2.50 bits per heavy atom. The van der Waals surface area contributed by atoms with E-state index >= 15 is 0 Å². The van der Waals surface area contributed by atoms with E-state index in [-0.39, 0.29) is 18.2 Å². The molecule has 28 heavy (non-hydrogen) atoms. The van der Waals surface area contributed by atoms with Crippen LogP contribution in [0.1, 0.15) is 43.4 Å². The average molecular weight is 401 g/mol. The molecule has 150 valence electrons. The van der Waals surface area contributed by atoms with Gasteiger partial charge in [-0.05, 0) is 37.0 Å². The van der Waals surface area contributed by atoms with Crippen molar-refractivity contribution in [3.63, 3.8) is 0 Å². The highest BCUT2D eigenvalue weighted by Crippen LogP contribution is 2.19. The Morgan fingerprint density at radius 2 is 1.86 bits per heavy atom. The third-order valence-corrected chi connectivity index (χ3v) is 5.04. The van der Waals surface area contributed by atoms with Crippen LogP contribution in [0.5, 0.6) is 0 Å². The molecule has 0 bridgehead atoms. The number of nitrogens with zero attached hydrogens (tertiary/aromatic N) is 1. The molecule has 4 nitrogen and oxygen atoms in total. The molecular weight excluding hydrogens is 372 g/mol. The van der Waals surface area contributed by atoms with E-state index in [2.05, 4.69) is 5.32 Å². The van der Waals surface area contributed by atoms with Crippen LogP contribution in [0.15, 0.2) is 48.5 Å². The number of benzene rings is 2. The second-order valence-electron chi connectivity index (χ2n) is 6.99. The summed E-state index contributed by atoms with van der Waals surface area (Å²) in [6, 6.07) is 14.8. The topological polar surface area (TPSA) is 49.4 Å². The van der Waals surface area contributed by atoms with Crippen molar-refractivity contribution < 1.29 is 9.59 Å². The highest BCUT2D eigenvalue weighted by molar-refractivity contribution is 6.31. The molecule has 5 heteroatoms. The monoisotopic (exact) mass is 400 g/mol. The van der Waals surface area contributed by atoms with Gasteiger partial charge >= 0.3 is 0 Å². The van der Waals surface area contributed by atoms with Gasteiger partial charge < -0.3 is 10.2 Å². The van der Waals surface area contributed by atoms with Crippen molar-refractivity contribution in [1.29, 1.82) is 0 Å². The van der Waals surface area contributed by atoms with Gasteiger partial charge in [0.25, 0.3) is 0 Å². The van der Waals surface area contributed by atoms with E-state index in [0.717, 1.165) is 23.1 Å². The molecule has 1 N–H and O–H groups in total. The van der Waals surface area contributed by atoms with Crippen LogP contribution in [0.4, 0.5) is 0 Å². The van der Waals surface area contributed by atoms with Crippen LogP contribution in [0, 0.1) is 6.92 Å². The Hall–Kier alpha value is -2.33. The molecule has 1 unspecified atom stereocenters. The minimum Gasteiger partial charge on any atom is -0.354 e. The van der Waals surface area contributed by atoms with Crippen molar-refractivity contribution in [1.82, 2.24) is 10.2 Å². The van der Waals surface area contributed by atoms with E-state index in [1.54, 1.807) is 11.0 Å². The van der Waals surface area contributed by atoms with Gasteiger partial charge in [0.05, 0.1) is 6.42 Å². The van der Waals surface area contributed by atoms with Gasteiger partial charge in [-0.2, -0.15) is 0 Å². The van der Waals surface area contributed by atoms with Crippen molar-refractivity contribution >= 4 is 23.4 Å². The fraction of sp³-hybridized carbons (Fsp3) is 0.391. The van der Waals surface area contributed by atoms with E-state index in [4.69, 9.17) is 11.6 Å². The zero-order chi connectivity index (χ0) is 20.5. The van der Waals surface area contributed by atoms with Crippen LogP contribution in [0.3, 0.4) is 0 Å². The van der Waals surface area contributed by atoms with Gasteiger partial charge in [0.15, 0.2) is 0 Å². The molecule has 0 saturated carbocycles. The molecular formula is C23H29ClN2O2. The predicted octanol–water partition coefficient (Wildman–Crippen LogP) is 4.52. The van der Waals surface area contributed by atoms with Crippen LogP contribution in [0.2, 0.25) is 5.02 Å². The normalized spacial score (nSPS) is 11.7. The molecule has 0 aliphatic rings. The van der Waals surface area contributed by atoms with Crippen LogP contribution in [0.25, 0.3) is 0 Å². The number of nitrogens with one attached hydrogen (secondary N) is 1. The number of amides is 2. The third kappa shape index (κ3) is 6.10. The van der Waals surface area contributed by atoms with Gasteiger partial charge in [-0.15, -0.1) is 0 Å². The third-order valence-electron chi connectivity index (χ3n) is 4.67. The van der Waals surface area contributed by atoms with Crippen LogP contribution < -0.4 is 5.32 Å². The van der Waals surface area contributed by atoms with Crippen molar-refractivity contribution in [2.45, 2.75) is 52.6 Å². The number of carbonyl (C=O) groups excluding carboxylic acids is 2. The van der Waals surface area contributed by atoms with Gasteiger partial charge in [0.1, 0.15) is 6.04 Å². The molecule has 0 heterocycles. The maximum atomic E-state index is 13.2. The van der Waals surface area contributed by atoms with E-state index in [9.17, 15) is 9.59 Å². The largest absolute Gasteiger partial charge is 0.354 e. The molecule has 0 radical (unpaired) electrons. The first-order valence-corrected chi connectivity index (χ1v) is 10.2. The molecule has 0 aromatic heterocycles. The molecule has 2 aromatic carbocycles. The second-order valence-corrected chi connectivity index (χ2v) is 7.40. The number of carbonyl (C=O) groups is 2. The van der Waals surface area contributed by atoms with Gasteiger partial charge in [-0.25, -0.2) is 0 Å². The summed E-state index contributed by atoms with van der Waals surface area (Å²) >= 11 is 6.25. The van der Waals surface area contributed by atoms with Crippen LogP contribution >= 0.6 is 11.6 Å². The maximum absolute atomic E-state index is 13.2. The summed E-state index contributed by atoms with van der Waals surface area (Å²) in [5.74, 6) is -0.211. The lowest BCUT2D eigenvalue weighted by Gasteiger charge is -2.31. The lowest BCUT2D eigenvalue weighted by atomic mass is 10.1. The molecule has 0 saturated heterocycles. The fourth-order valence-electron chi connectivity index (χ4n) is 3.20. The highest BCUT2D eigenvalue weighted by Gasteiger charge is 2.28. The molecule has 0 aliphatic carbocycles. The maximum Gasteiger partial charge on any atom is 0.242 e.